The summed E-state index contributed by atoms with van der Waals surface area (Å²) < 4.78 is 10.8. The number of nitrogens with one attached hydrogen (secondary N) is 1. The number of carbonyl (C=O) groups is 2. The summed E-state index contributed by atoms with van der Waals surface area (Å²) in [6.45, 7) is 3.46. The van der Waals surface area contributed by atoms with Gasteiger partial charge in [-0.2, -0.15) is 0 Å². The molecule has 0 saturated heterocycles. The Bertz CT molecular complexity index is 1050. The zero-order valence-corrected chi connectivity index (χ0v) is 17.8. The van der Waals surface area contributed by atoms with Gasteiger partial charge >= 0.3 is 5.97 Å². The molecule has 0 saturated carbocycles. The Hall–Kier alpha value is -2.90. The van der Waals surface area contributed by atoms with Gasteiger partial charge < -0.3 is 14.5 Å². The van der Waals surface area contributed by atoms with Crippen molar-refractivity contribution >= 4 is 40.9 Å². The van der Waals surface area contributed by atoms with Gasteiger partial charge in [-0.1, -0.05) is 53.0 Å². The van der Waals surface area contributed by atoms with Gasteiger partial charge in [-0.3, -0.25) is 9.59 Å². The van der Waals surface area contributed by atoms with Crippen LogP contribution < -0.4 is 5.32 Å². The number of aromatic nitrogens is 2. The highest BCUT2D eigenvalue weighted by atomic mass is 35.5. The number of hydrogen-bond donors (Lipinski definition) is 1. The fourth-order valence-corrected chi connectivity index (χ4v) is 2.95. The molecule has 9 heteroatoms. The van der Waals surface area contributed by atoms with Crippen LogP contribution in [-0.4, -0.2) is 27.9 Å². The lowest BCUT2D eigenvalue weighted by Crippen LogP contribution is -2.30. The van der Waals surface area contributed by atoms with Crippen molar-refractivity contribution in [3.8, 4) is 11.3 Å². The third kappa shape index (κ3) is 5.81. The number of ether oxygens (including phenoxy) is 1. The average molecular weight is 448 g/mol. The van der Waals surface area contributed by atoms with Crippen molar-refractivity contribution in [1.82, 2.24) is 9.97 Å². The molecule has 1 aromatic carbocycles. The lowest BCUT2D eigenvalue weighted by Gasteiger charge is -2.13. The molecule has 7 nitrogen and oxygen atoms in total. The number of anilines is 1. The summed E-state index contributed by atoms with van der Waals surface area (Å²) >= 11 is 11.7. The van der Waals surface area contributed by atoms with E-state index in [4.69, 9.17) is 32.4 Å². The topological polar surface area (TPSA) is 94.3 Å². The van der Waals surface area contributed by atoms with Crippen LogP contribution in [0.2, 0.25) is 10.0 Å². The molecular formula is C21H19Cl2N3O4. The molecule has 2 aromatic heterocycles. The Morgan fingerprint density at radius 3 is 2.60 bits per heavy atom. The minimum atomic E-state index is -1.03. The summed E-state index contributed by atoms with van der Waals surface area (Å²) in [7, 11) is 0. The Morgan fingerprint density at radius 1 is 1.17 bits per heavy atom. The van der Waals surface area contributed by atoms with Crippen molar-refractivity contribution in [2.24, 2.45) is 0 Å². The molecule has 0 aliphatic heterocycles. The molecule has 1 amide bonds. The van der Waals surface area contributed by atoms with E-state index in [-0.39, 0.29) is 23.7 Å². The first-order chi connectivity index (χ1) is 14.3. The summed E-state index contributed by atoms with van der Waals surface area (Å²) in [4.78, 5) is 32.4. The highest BCUT2D eigenvalue weighted by molar-refractivity contribution is 6.36. The van der Waals surface area contributed by atoms with Gasteiger partial charge in [0.1, 0.15) is 0 Å². The first-order valence-electron chi connectivity index (χ1n) is 9.15. The van der Waals surface area contributed by atoms with E-state index < -0.39 is 18.0 Å². The van der Waals surface area contributed by atoms with E-state index in [1.165, 1.54) is 19.2 Å². The van der Waals surface area contributed by atoms with Crippen LogP contribution in [0, 0.1) is 6.92 Å². The Kier molecular flexibility index (Phi) is 7.07. The van der Waals surface area contributed by atoms with Crippen LogP contribution in [0.25, 0.3) is 11.3 Å². The Morgan fingerprint density at radius 2 is 1.90 bits per heavy atom. The van der Waals surface area contributed by atoms with Crippen LogP contribution in [-0.2, 0) is 20.7 Å². The van der Waals surface area contributed by atoms with Crippen molar-refractivity contribution in [3.63, 3.8) is 0 Å². The van der Waals surface area contributed by atoms with Crippen LogP contribution in [0.3, 0.4) is 0 Å². The first kappa shape index (κ1) is 21.8. The summed E-state index contributed by atoms with van der Waals surface area (Å²) in [5.41, 5.74) is 2.05. The quantitative estimate of drug-likeness (QED) is 0.519. The van der Waals surface area contributed by atoms with Crippen LogP contribution >= 0.6 is 23.2 Å². The minimum absolute atomic E-state index is 0.0193. The van der Waals surface area contributed by atoms with Crippen LogP contribution in [0.1, 0.15) is 24.8 Å². The van der Waals surface area contributed by atoms with Gasteiger partial charge in [0, 0.05) is 18.2 Å². The van der Waals surface area contributed by atoms with Crippen molar-refractivity contribution < 1.29 is 18.7 Å². The normalized spacial score (nSPS) is 11.7. The van der Waals surface area contributed by atoms with Crippen molar-refractivity contribution in [3.05, 3.63) is 64.2 Å². The zero-order valence-electron chi connectivity index (χ0n) is 16.3. The van der Waals surface area contributed by atoms with Gasteiger partial charge in [0.15, 0.2) is 23.6 Å². The number of oxazole rings is 1. The summed E-state index contributed by atoms with van der Waals surface area (Å²) in [5.74, 6) is 0.0633. The van der Waals surface area contributed by atoms with Crippen molar-refractivity contribution in [1.29, 1.82) is 0 Å². The maximum atomic E-state index is 12.2. The largest absolute Gasteiger partial charge is 0.453 e. The van der Waals surface area contributed by atoms with Crippen molar-refractivity contribution in [2.75, 3.05) is 5.32 Å². The molecule has 3 rings (SSSR count). The maximum absolute atomic E-state index is 12.2. The van der Waals surface area contributed by atoms with Gasteiger partial charge in [-0.05, 0) is 19.9 Å². The lowest BCUT2D eigenvalue weighted by molar-refractivity contribution is -0.153. The molecule has 0 radical (unpaired) electrons. The van der Waals surface area contributed by atoms with E-state index in [0.29, 0.717) is 16.7 Å². The van der Waals surface area contributed by atoms with Gasteiger partial charge in [0.25, 0.3) is 5.91 Å². The third-order valence-corrected chi connectivity index (χ3v) is 4.65. The number of pyridine rings is 1. The fraction of sp³-hybridized carbons (Fsp3) is 0.238. The van der Waals surface area contributed by atoms with E-state index in [2.05, 4.69) is 15.3 Å². The maximum Gasteiger partial charge on any atom is 0.307 e. The molecular weight excluding hydrogens is 429 g/mol. The van der Waals surface area contributed by atoms with E-state index >= 15 is 0 Å². The first-order valence-corrected chi connectivity index (χ1v) is 9.90. The minimum Gasteiger partial charge on any atom is -0.453 e. The van der Waals surface area contributed by atoms with Gasteiger partial charge in [-0.25, -0.2) is 9.97 Å². The van der Waals surface area contributed by atoms with Crippen LogP contribution in [0.15, 0.2) is 47.1 Å². The number of benzene rings is 1. The SMILES string of the molecule is Cc1ccc(-c2cnc(CCC(=O)O[C@H](C)C(=O)Nc3ncc(Cl)cc3Cl)o2)cc1. The highest BCUT2D eigenvalue weighted by Gasteiger charge is 2.20. The molecule has 0 fully saturated rings. The fourth-order valence-electron chi connectivity index (χ4n) is 2.52. The summed E-state index contributed by atoms with van der Waals surface area (Å²) in [5, 5.41) is 3.02. The number of carbonyl (C=O) groups excluding carboxylic acids is 2. The number of aryl methyl sites for hydroxylation is 2. The van der Waals surface area contributed by atoms with Crippen LogP contribution in [0.5, 0.6) is 0 Å². The number of nitrogens with zero attached hydrogens (tertiary/aromatic N) is 2. The standard InChI is InChI=1S/C21H19Cl2N3O4/c1-12-3-5-14(6-4-12)17-11-24-18(30-17)7-8-19(27)29-13(2)21(28)26-20-16(23)9-15(22)10-25-20/h3-6,9-11,13H,7-8H2,1-2H3,(H,25,26,28)/t13-/m1/s1. The Balaban J connectivity index is 1.49. The summed E-state index contributed by atoms with van der Waals surface area (Å²) in [6, 6.07) is 9.29. The smallest absolute Gasteiger partial charge is 0.307 e. The number of esters is 1. The molecule has 156 valence electrons. The number of amides is 1. The second-order valence-electron chi connectivity index (χ2n) is 6.59. The second-order valence-corrected chi connectivity index (χ2v) is 7.43. The third-order valence-electron chi connectivity index (χ3n) is 4.16. The predicted octanol–water partition coefficient (Wildman–Crippen LogP) is 4.85. The molecule has 3 aromatic rings. The summed E-state index contributed by atoms with van der Waals surface area (Å²) in [6.07, 6.45) is 2.21. The van der Waals surface area contributed by atoms with E-state index in [9.17, 15) is 9.59 Å². The molecule has 0 unspecified atom stereocenters. The second kappa shape index (κ2) is 9.73. The van der Waals surface area contributed by atoms with Gasteiger partial charge in [0.05, 0.1) is 22.7 Å². The van der Waals surface area contributed by atoms with Gasteiger partial charge in [-0.15, -0.1) is 0 Å². The van der Waals surface area contributed by atoms with E-state index in [1.807, 2.05) is 31.2 Å². The number of hydrogen-bond acceptors (Lipinski definition) is 6. The zero-order chi connectivity index (χ0) is 21.7. The molecule has 1 atom stereocenters. The van der Waals surface area contributed by atoms with E-state index in [0.717, 1.165) is 11.1 Å². The lowest BCUT2D eigenvalue weighted by atomic mass is 10.1. The van der Waals surface area contributed by atoms with Crippen molar-refractivity contribution in [2.45, 2.75) is 32.8 Å². The molecule has 0 bridgehead atoms. The number of halogens is 2. The monoisotopic (exact) mass is 447 g/mol. The molecule has 0 aliphatic rings. The number of rotatable bonds is 7. The highest BCUT2D eigenvalue weighted by Crippen LogP contribution is 2.23. The molecule has 0 spiro atoms. The molecule has 0 aliphatic carbocycles. The van der Waals surface area contributed by atoms with E-state index in [1.54, 1.807) is 6.20 Å². The van der Waals surface area contributed by atoms with Gasteiger partial charge in [0.2, 0.25) is 0 Å². The average Bonchev–Trinajstić information content (AvgIpc) is 3.18. The predicted molar refractivity (Wildman–Crippen MR) is 113 cm³/mol. The Labute approximate surface area is 183 Å². The molecule has 1 N–H and O–H groups in total. The molecule has 2 heterocycles. The molecule has 30 heavy (non-hydrogen) atoms. The van der Waals surface area contributed by atoms with Crippen LogP contribution in [0.4, 0.5) is 5.82 Å².